The molecule has 0 spiro atoms. The predicted molar refractivity (Wildman–Crippen MR) is 89.7 cm³/mol. The third-order valence-electron chi connectivity index (χ3n) is 4.60. The van der Waals surface area contributed by atoms with Crippen LogP contribution in [0.15, 0.2) is 30.3 Å². The SMILES string of the molecule is CC(N)C1CCN(C(=O)C(C)(C)c2ccccc2)CC1.Cl. The Morgan fingerprint density at radius 3 is 2.24 bits per heavy atom. The number of hydrogen-bond acceptors (Lipinski definition) is 2. The van der Waals surface area contributed by atoms with E-state index in [1.54, 1.807) is 0 Å². The fourth-order valence-corrected chi connectivity index (χ4v) is 3.00. The molecule has 1 heterocycles. The van der Waals surface area contributed by atoms with Gasteiger partial charge >= 0.3 is 0 Å². The first-order valence-corrected chi connectivity index (χ1v) is 7.53. The van der Waals surface area contributed by atoms with Crippen LogP contribution >= 0.6 is 12.4 Å². The molecule has 1 aliphatic heterocycles. The van der Waals surface area contributed by atoms with Gasteiger partial charge in [-0.15, -0.1) is 12.4 Å². The minimum Gasteiger partial charge on any atom is -0.342 e. The van der Waals surface area contributed by atoms with Crippen molar-refractivity contribution in [2.45, 2.75) is 45.1 Å². The number of halogens is 1. The topological polar surface area (TPSA) is 46.3 Å². The van der Waals surface area contributed by atoms with Crippen LogP contribution in [0.3, 0.4) is 0 Å². The van der Waals surface area contributed by atoms with Gasteiger partial charge in [0.05, 0.1) is 5.41 Å². The molecule has 0 bridgehead atoms. The molecule has 1 unspecified atom stereocenters. The fourth-order valence-electron chi connectivity index (χ4n) is 3.00. The van der Waals surface area contributed by atoms with E-state index in [4.69, 9.17) is 5.73 Å². The molecule has 0 radical (unpaired) electrons. The number of rotatable bonds is 3. The van der Waals surface area contributed by atoms with Gasteiger partial charge in [0.2, 0.25) is 5.91 Å². The van der Waals surface area contributed by atoms with Gasteiger partial charge in [0.25, 0.3) is 0 Å². The van der Waals surface area contributed by atoms with Crippen LogP contribution in [-0.4, -0.2) is 29.9 Å². The Kier molecular flexibility index (Phi) is 6.24. The van der Waals surface area contributed by atoms with Gasteiger partial charge in [-0.3, -0.25) is 4.79 Å². The summed E-state index contributed by atoms with van der Waals surface area (Å²) in [6.07, 6.45) is 2.04. The van der Waals surface area contributed by atoms with E-state index in [1.807, 2.05) is 49.1 Å². The first-order chi connectivity index (χ1) is 9.43. The van der Waals surface area contributed by atoms with E-state index in [0.717, 1.165) is 31.5 Å². The molecule has 0 aromatic heterocycles. The Morgan fingerprint density at radius 2 is 1.76 bits per heavy atom. The average Bonchev–Trinajstić information content (AvgIpc) is 2.47. The molecular weight excluding hydrogens is 284 g/mol. The molecule has 1 aromatic carbocycles. The third-order valence-corrected chi connectivity index (χ3v) is 4.60. The Balaban J connectivity index is 0.00000220. The van der Waals surface area contributed by atoms with Crippen LogP contribution in [-0.2, 0) is 10.2 Å². The normalized spacial score (nSPS) is 18.0. The Labute approximate surface area is 134 Å². The molecule has 4 heteroatoms. The van der Waals surface area contributed by atoms with Crippen molar-refractivity contribution in [2.75, 3.05) is 13.1 Å². The maximum absolute atomic E-state index is 12.8. The van der Waals surface area contributed by atoms with E-state index >= 15 is 0 Å². The van der Waals surface area contributed by atoms with Gasteiger partial charge in [-0.2, -0.15) is 0 Å². The van der Waals surface area contributed by atoms with E-state index in [9.17, 15) is 4.79 Å². The fraction of sp³-hybridized carbons (Fsp3) is 0.588. The quantitative estimate of drug-likeness (QED) is 0.933. The van der Waals surface area contributed by atoms with Crippen LogP contribution in [0.2, 0.25) is 0 Å². The molecule has 2 N–H and O–H groups in total. The van der Waals surface area contributed by atoms with Crippen LogP contribution < -0.4 is 5.73 Å². The van der Waals surface area contributed by atoms with E-state index in [1.165, 1.54) is 0 Å². The number of piperidine rings is 1. The summed E-state index contributed by atoms with van der Waals surface area (Å²) in [6, 6.07) is 10.3. The van der Waals surface area contributed by atoms with Crippen LogP contribution in [0, 0.1) is 5.92 Å². The molecular formula is C17H27ClN2O. The van der Waals surface area contributed by atoms with Crippen molar-refractivity contribution >= 4 is 18.3 Å². The first kappa shape index (κ1) is 18.0. The highest BCUT2D eigenvalue weighted by atomic mass is 35.5. The van der Waals surface area contributed by atoms with Gasteiger partial charge in [0.1, 0.15) is 0 Å². The summed E-state index contributed by atoms with van der Waals surface area (Å²) in [7, 11) is 0. The lowest BCUT2D eigenvalue weighted by atomic mass is 9.82. The third kappa shape index (κ3) is 3.98. The van der Waals surface area contributed by atoms with Crippen molar-refractivity contribution in [1.29, 1.82) is 0 Å². The average molecular weight is 311 g/mol. The zero-order valence-corrected chi connectivity index (χ0v) is 14.0. The molecule has 1 saturated heterocycles. The largest absolute Gasteiger partial charge is 0.342 e. The minimum atomic E-state index is -0.456. The van der Waals surface area contributed by atoms with Gasteiger partial charge in [-0.1, -0.05) is 30.3 Å². The monoisotopic (exact) mass is 310 g/mol. The second-order valence-corrected chi connectivity index (χ2v) is 6.48. The van der Waals surface area contributed by atoms with Crippen LogP contribution in [0.1, 0.15) is 39.2 Å². The van der Waals surface area contributed by atoms with Crippen molar-refractivity contribution < 1.29 is 4.79 Å². The van der Waals surface area contributed by atoms with Crippen molar-refractivity contribution in [2.24, 2.45) is 11.7 Å². The first-order valence-electron chi connectivity index (χ1n) is 7.53. The standard InChI is InChI=1S/C17H26N2O.ClH/c1-13(18)14-9-11-19(12-10-14)16(20)17(2,3)15-7-5-4-6-8-15;/h4-8,13-14H,9-12,18H2,1-3H3;1H. The highest BCUT2D eigenvalue weighted by Crippen LogP contribution is 2.28. The molecule has 118 valence electrons. The molecule has 2 rings (SSSR count). The molecule has 1 amide bonds. The summed E-state index contributed by atoms with van der Waals surface area (Å²) in [5.41, 5.74) is 6.59. The lowest BCUT2D eigenvalue weighted by molar-refractivity contribution is -0.137. The van der Waals surface area contributed by atoms with Crippen molar-refractivity contribution in [3.63, 3.8) is 0 Å². The van der Waals surface area contributed by atoms with Gasteiger partial charge < -0.3 is 10.6 Å². The Bertz CT molecular complexity index is 451. The second kappa shape index (κ2) is 7.28. The highest BCUT2D eigenvalue weighted by molar-refractivity contribution is 5.87. The van der Waals surface area contributed by atoms with Crippen molar-refractivity contribution in [3.8, 4) is 0 Å². The maximum Gasteiger partial charge on any atom is 0.232 e. The van der Waals surface area contributed by atoms with E-state index in [2.05, 4.69) is 6.92 Å². The van der Waals surface area contributed by atoms with Crippen LogP contribution in [0.25, 0.3) is 0 Å². The summed E-state index contributed by atoms with van der Waals surface area (Å²) < 4.78 is 0. The Morgan fingerprint density at radius 1 is 1.24 bits per heavy atom. The predicted octanol–water partition coefficient (Wildman–Crippen LogP) is 2.97. The van der Waals surface area contributed by atoms with Gasteiger partial charge in [0.15, 0.2) is 0 Å². The van der Waals surface area contributed by atoms with E-state index in [-0.39, 0.29) is 24.4 Å². The van der Waals surface area contributed by atoms with Crippen molar-refractivity contribution in [1.82, 2.24) is 4.90 Å². The number of carbonyl (C=O) groups is 1. The molecule has 3 nitrogen and oxygen atoms in total. The summed E-state index contributed by atoms with van der Waals surface area (Å²) in [5.74, 6) is 0.783. The van der Waals surface area contributed by atoms with Gasteiger partial charge in [-0.25, -0.2) is 0 Å². The van der Waals surface area contributed by atoms with E-state index < -0.39 is 5.41 Å². The number of hydrogen-bond donors (Lipinski definition) is 1. The summed E-state index contributed by atoms with van der Waals surface area (Å²) in [6.45, 7) is 7.77. The summed E-state index contributed by atoms with van der Waals surface area (Å²) in [4.78, 5) is 14.8. The van der Waals surface area contributed by atoms with Crippen LogP contribution in [0.4, 0.5) is 0 Å². The number of benzene rings is 1. The number of likely N-dealkylation sites (tertiary alicyclic amines) is 1. The van der Waals surface area contributed by atoms with Gasteiger partial charge in [0, 0.05) is 19.1 Å². The maximum atomic E-state index is 12.8. The van der Waals surface area contributed by atoms with E-state index in [0.29, 0.717) is 5.92 Å². The molecule has 21 heavy (non-hydrogen) atoms. The Hall–Kier alpha value is -1.06. The zero-order valence-electron chi connectivity index (χ0n) is 13.2. The molecule has 0 aliphatic carbocycles. The number of amides is 1. The lowest BCUT2D eigenvalue weighted by Gasteiger charge is -2.38. The molecule has 1 fully saturated rings. The molecule has 0 saturated carbocycles. The summed E-state index contributed by atoms with van der Waals surface area (Å²) in [5, 5.41) is 0. The summed E-state index contributed by atoms with van der Waals surface area (Å²) >= 11 is 0. The molecule has 1 aliphatic rings. The van der Waals surface area contributed by atoms with Gasteiger partial charge in [-0.05, 0) is 45.1 Å². The zero-order chi connectivity index (χ0) is 14.8. The highest BCUT2D eigenvalue weighted by Gasteiger charge is 2.35. The minimum absolute atomic E-state index is 0. The van der Waals surface area contributed by atoms with Crippen molar-refractivity contribution in [3.05, 3.63) is 35.9 Å². The number of nitrogens with two attached hydrogens (primary N) is 1. The number of nitrogens with zero attached hydrogens (tertiary/aromatic N) is 1. The molecule has 1 aromatic rings. The lowest BCUT2D eigenvalue weighted by Crippen LogP contribution is -2.48. The smallest absolute Gasteiger partial charge is 0.232 e. The number of carbonyl (C=O) groups excluding carboxylic acids is 1. The van der Waals surface area contributed by atoms with Crippen LogP contribution in [0.5, 0.6) is 0 Å². The molecule has 1 atom stereocenters. The second-order valence-electron chi connectivity index (χ2n) is 6.48.